The van der Waals surface area contributed by atoms with Crippen molar-refractivity contribution >= 4 is 10.8 Å². The highest BCUT2D eigenvalue weighted by molar-refractivity contribution is 5.82. The van der Waals surface area contributed by atoms with E-state index < -0.39 is 5.41 Å². The number of aromatic amines is 1. The van der Waals surface area contributed by atoms with Crippen LogP contribution in [0.25, 0.3) is 10.8 Å². The summed E-state index contributed by atoms with van der Waals surface area (Å²) >= 11 is 0. The number of hydrogen-bond acceptors (Lipinski definition) is 4. The number of likely N-dealkylation sites (tertiary alicyclic amines) is 1. The van der Waals surface area contributed by atoms with Crippen molar-refractivity contribution in [1.29, 1.82) is 5.26 Å². The summed E-state index contributed by atoms with van der Waals surface area (Å²) in [5.74, 6) is 0. The molecule has 0 bridgehead atoms. The fourth-order valence-corrected chi connectivity index (χ4v) is 3.73. The molecule has 5 nitrogen and oxygen atoms in total. The van der Waals surface area contributed by atoms with Crippen LogP contribution >= 0.6 is 0 Å². The average Bonchev–Trinajstić information content (AvgIpc) is 3.11. The molecule has 5 heteroatoms. The van der Waals surface area contributed by atoms with E-state index in [-0.39, 0.29) is 6.04 Å². The molecule has 24 heavy (non-hydrogen) atoms. The molecule has 1 saturated heterocycles. The van der Waals surface area contributed by atoms with Crippen LogP contribution in [0.3, 0.4) is 0 Å². The lowest BCUT2D eigenvalue weighted by Gasteiger charge is -2.41. The Bertz CT molecular complexity index is 895. The molecule has 0 amide bonds. The van der Waals surface area contributed by atoms with Gasteiger partial charge in [0.1, 0.15) is 11.7 Å². The smallest absolute Gasteiger partial charge is 0.115 e. The maximum absolute atomic E-state index is 9.95. The summed E-state index contributed by atoms with van der Waals surface area (Å²) in [6.07, 6.45) is 8.81. The zero-order valence-corrected chi connectivity index (χ0v) is 13.6. The summed E-state index contributed by atoms with van der Waals surface area (Å²) in [7, 11) is 2.13. The normalized spacial score (nSPS) is 24.8. The van der Waals surface area contributed by atoms with E-state index in [1.54, 1.807) is 6.20 Å². The van der Waals surface area contributed by atoms with E-state index in [0.29, 0.717) is 0 Å². The van der Waals surface area contributed by atoms with E-state index in [4.69, 9.17) is 0 Å². The molecule has 120 valence electrons. The van der Waals surface area contributed by atoms with E-state index in [2.05, 4.69) is 51.2 Å². The monoisotopic (exact) mass is 317 g/mol. The summed E-state index contributed by atoms with van der Waals surface area (Å²) in [4.78, 5) is 13.9. The molecule has 1 N–H and O–H groups in total. The van der Waals surface area contributed by atoms with Crippen molar-refractivity contribution in [2.24, 2.45) is 0 Å². The largest absolute Gasteiger partial charge is 0.366 e. The second-order valence-corrected chi connectivity index (χ2v) is 6.58. The number of fused-ring (bicyclic) bond motifs is 1. The van der Waals surface area contributed by atoms with Crippen LogP contribution in [0.4, 0.5) is 0 Å². The molecular weight excluding hydrogens is 298 g/mol. The van der Waals surface area contributed by atoms with Crippen LogP contribution in [0.5, 0.6) is 0 Å². The average molecular weight is 317 g/mol. The Kier molecular flexibility index (Phi) is 3.55. The third kappa shape index (κ3) is 2.36. The maximum Gasteiger partial charge on any atom is 0.115 e. The summed E-state index contributed by atoms with van der Waals surface area (Å²) in [5, 5.41) is 12.4. The molecule has 1 fully saturated rings. The van der Waals surface area contributed by atoms with Crippen LogP contribution in [0, 0.1) is 11.3 Å². The number of nitrogens with zero attached hydrogens (tertiary/aromatic N) is 4. The Labute approximate surface area is 141 Å². The Hall–Kier alpha value is -2.71. The third-order valence-electron chi connectivity index (χ3n) is 5.22. The van der Waals surface area contributed by atoms with Gasteiger partial charge in [0.15, 0.2) is 0 Å². The third-order valence-corrected chi connectivity index (χ3v) is 5.22. The number of benzene rings is 1. The minimum atomic E-state index is -0.548. The van der Waals surface area contributed by atoms with Crippen LogP contribution < -0.4 is 0 Å². The number of hydrogen-bond donors (Lipinski definition) is 1. The highest BCUT2D eigenvalue weighted by Crippen LogP contribution is 2.42. The van der Waals surface area contributed by atoms with Gasteiger partial charge in [-0.05, 0) is 48.4 Å². The molecule has 1 aliphatic rings. The molecule has 3 heterocycles. The predicted octanol–water partition coefficient (Wildman–Crippen LogP) is 3.19. The van der Waals surface area contributed by atoms with E-state index in [0.717, 1.165) is 25.1 Å². The Morgan fingerprint density at radius 3 is 2.96 bits per heavy atom. The van der Waals surface area contributed by atoms with Crippen molar-refractivity contribution in [3.05, 3.63) is 60.4 Å². The molecule has 1 aliphatic heterocycles. The van der Waals surface area contributed by atoms with Crippen LogP contribution in [-0.4, -0.2) is 33.4 Å². The number of rotatable bonds is 2. The van der Waals surface area contributed by atoms with Gasteiger partial charge in [0.2, 0.25) is 0 Å². The summed E-state index contributed by atoms with van der Waals surface area (Å²) in [6.45, 7) is 0.868. The van der Waals surface area contributed by atoms with Gasteiger partial charge < -0.3 is 4.98 Å². The van der Waals surface area contributed by atoms with Crippen molar-refractivity contribution in [3.8, 4) is 6.07 Å². The molecule has 3 aromatic rings. The fourth-order valence-electron chi connectivity index (χ4n) is 3.73. The first kappa shape index (κ1) is 14.9. The minimum absolute atomic E-state index is 0.202. The lowest BCUT2D eigenvalue weighted by molar-refractivity contribution is 0.142. The van der Waals surface area contributed by atoms with Crippen LogP contribution in [0.1, 0.15) is 30.1 Å². The highest BCUT2D eigenvalue weighted by Gasteiger charge is 2.42. The highest BCUT2D eigenvalue weighted by atomic mass is 15.1. The zero-order chi connectivity index (χ0) is 16.6. The Morgan fingerprint density at radius 2 is 2.17 bits per heavy atom. The van der Waals surface area contributed by atoms with Gasteiger partial charge in [0.25, 0.3) is 0 Å². The van der Waals surface area contributed by atoms with Crippen LogP contribution in [0.2, 0.25) is 0 Å². The van der Waals surface area contributed by atoms with Gasteiger partial charge in [-0.25, -0.2) is 9.97 Å². The molecule has 4 rings (SSSR count). The van der Waals surface area contributed by atoms with Gasteiger partial charge in [-0.15, -0.1) is 0 Å². The first-order chi connectivity index (χ1) is 11.7. The minimum Gasteiger partial charge on any atom is -0.366 e. The quantitative estimate of drug-likeness (QED) is 0.788. The van der Waals surface area contributed by atoms with Gasteiger partial charge in [-0.3, -0.25) is 4.90 Å². The van der Waals surface area contributed by atoms with Crippen molar-refractivity contribution in [2.45, 2.75) is 24.3 Å². The molecule has 2 unspecified atom stereocenters. The maximum atomic E-state index is 9.95. The Balaban J connectivity index is 1.73. The molecule has 0 spiro atoms. The van der Waals surface area contributed by atoms with Crippen molar-refractivity contribution in [3.63, 3.8) is 0 Å². The van der Waals surface area contributed by atoms with Gasteiger partial charge in [-0.1, -0.05) is 12.1 Å². The second kappa shape index (κ2) is 5.73. The molecular formula is C19H19N5. The van der Waals surface area contributed by atoms with Crippen LogP contribution in [-0.2, 0) is 5.41 Å². The lowest BCUT2D eigenvalue weighted by Crippen LogP contribution is -2.42. The first-order valence-corrected chi connectivity index (χ1v) is 8.16. The molecule has 0 aliphatic carbocycles. The first-order valence-electron chi connectivity index (χ1n) is 8.16. The topological polar surface area (TPSA) is 68.6 Å². The fraction of sp³-hybridized carbons (Fsp3) is 0.316. The second-order valence-electron chi connectivity index (χ2n) is 6.58. The SMILES string of the molecule is CN1CCC(C#N)(c2ccncn2)CC1c1ccc2c[nH]cc2c1. The summed E-state index contributed by atoms with van der Waals surface area (Å²) in [6, 6.07) is 11.2. The van der Waals surface area contributed by atoms with Crippen molar-refractivity contribution in [1.82, 2.24) is 19.9 Å². The Morgan fingerprint density at radius 1 is 1.29 bits per heavy atom. The number of nitrogens with one attached hydrogen (secondary N) is 1. The van der Waals surface area contributed by atoms with Gasteiger partial charge in [0, 0.05) is 31.2 Å². The van der Waals surface area contributed by atoms with Crippen molar-refractivity contribution in [2.75, 3.05) is 13.6 Å². The molecule has 1 aromatic carbocycles. The number of H-pyrrole nitrogens is 1. The molecule has 0 radical (unpaired) electrons. The number of nitriles is 1. The van der Waals surface area contributed by atoms with Gasteiger partial charge in [-0.2, -0.15) is 5.26 Å². The molecule has 2 atom stereocenters. The van der Waals surface area contributed by atoms with Gasteiger partial charge in [0.05, 0.1) is 11.8 Å². The number of aromatic nitrogens is 3. The van der Waals surface area contributed by atoms with Gasteiger partial charge >= 0.3 is 0 Å². The van der Waals surface area contributed by atoms with Crippen LogP contribution in [0.15, 0.2) is 49.2 Å². The number of piperidine rings is 1. The predicted molar refractivity (Wildman–Crippen MR) is 92.2 cm³/mol. The summed E-state index contributed by atoms with van der Waals surface area (Å²) < 4.78 is 0. The summed E-state index contributed by atoms with van der Waals surface area (Å²) in [5.41, 5.74) is 1.53. The van der Waals surface area contributed by atoms with Crippen molar-refractivity contribution < 1.29 is 0 Å². The lowest BCUT2D eigenvalue weighted by atomic mass is 9.72. The van der Waals surface area contributed by atoms with E-state index >= 15 is 0 Å². The molecule has 2 aromatic heterocycles. The standard InChI is InChI=1S/C19H19N5/c1-24-7-5-19(12-20,18-4-6-21-13-23-18)9-17(24)14-2-3-15-10-22-11-16(15)8-14/h2-4,6,8,10-11,13,17,22H,5,7,9H2,1H3. The van der Waals surface area contributed by atoms with E-state index in [1.807, 2.05) is 18.5 Å². The zero-order valence-electron chi connectivity index (χ0n) is 13.6. The van der Waals surface area contributed by atoms with E-state index in [9.17, 15) is 5.26 Å². The molecule has 0 saturated carbocycles. The van der Waals surface area contributed by atoms with E-state index in [1.165, 1.54) is 22.7 Å².